The number of allylic oxidation sites excluding steroid dienone is 3. The van der Waals surface area contributed by atoms with Gasteiger partial charge in [-0.15, -0.1) is 0 Å². The zero-order valence-electron chi connectivity index (χ0n) is 18.5. The fourth-order valence-corrected chi connectivity index (χ4v) is 6.60. The zero-order valence-corrected chi connectivity index (χ0v) is 18.5. The smallest absolute Gasteiger partial charge is 0.0762 e. The summed E-state index contributed by atoms with van der Waals surface area (Å²) in [5.41, 5.74) is 3.08. The molecule has 0 aromatic heterocycles. The van der Waals surface area contributed by atoms with E-state index in [0.717, 1.165) is 49.8 Å². The van der Waals surface area contributed by atoms with Gasteiger partial charge in [0.2, 0.25) is 0 Å². The molecular weight excluding hydrogens is 330 g/mol. The van der Waals surface area contributed by atoms with Crippen LogP contribution in [0.5, 0.6) is 0 Å². The maximum absolute atomic E-state index is 6.78. The van der Waals surface area contributed by atoms with Gasteiger partial charge in [0.25, 0.3) is 0 Å². The molecule has 0 saturated heterocycles. The first kappa shape index (κ1) is 21.1. The molecule has 4 fully saturated rings. The lowest BCUT2D eigenvalue weighted by atomic mass is 9.47. The van der Waals surface area contributed by atoms with Gasteiger partial charge in [-0.3, -0.25) is 0 Å². The molecule has 2 heteroatoms. The van der Waals surface area contributed by atoms with E-state index in [0.29, 0.717) is 5.92 Å². The van der Waals surface area contributed by atoms with Gasteiger partial charge in [-0.1, -0.05) is 37.1 Å². The Balaban J connectivity index is 1.42. The highest BCUT2D eigenvalue weighted by Crippen LogP contribution is 2.61. The molecule has 154 valence electrons. The summed E-state index contributed by atoms with van der Waals surface area (Å²) in [5, 5.41) is 3.58. The molecule has 0 aromatic rings. The van der Waals surface area contributed by atoms with Gasteiger partial charge in [-0.05, 0) is 95.3 Å². The Bertz CT molecular complexity index is 513. The Labute approximate surface area is 168 Å². The lowest BCUT2D eigenvalue weighted by molar-refractivity contribution is -0.225. The number of hydrogen-bond donors (Lipinski definition) is 1. The van der Waals surface area contributed by atoms with Crippen LogP contribution in [0, 0.1) is 29.6 Å². The van der Waals surface area contributed by atoms with Gasteiger partial charge in [-0.2, -0.15) is 0 Å². The quantitative estimate of drug-likeness (QED) is 0.367. The molecular formula is C25H43NO. The average Bonchev–Trinajstić information content (AvgIpc) is 2.59. The molecule has 0 unspecified atom stereocenters. The number of nitrogens with one attached hydrogen (secondary N) is 1. The van der Waals surface area contributed by atoms with Gasteiger partial charge in [0, 0.05) is 13.1 Å². The second kappa shape index (κ2) is 9.27. The molecule has 4 rings (SSSR count). The summed E-state index contributed by atoms with van der Waals surface area (Å²) in [6, 6.07) is 0. The third-order valence-corrected chi connectivity index (χ3v) is 7.63. The number of rotatable bonds is 10. The Morgan fingerprint density at radius 2 is 1.63 bits per heavy atom. The fraction of sp³-hybridized carbons (Fsp3) is 0.840. The van der Waals surface area contributed by atoms with Gasteiger partial charge in [0.05, 0.1) is 12.2 Å². The summed E-state index contributed by atoms with van der Waals surface area (Å²) in [6.07, 6.45) is 14.3. The van der Waals surface area contributed by atoms with E-state index in [-0.39, 0.29) is 5.60 Å². The van der Waals surface area contributed by atoms with Crippen molar-refractivity contribution in [1.82, 2.24) is 5.32 Å². The van der Waals surface area contributed by atoms with Gasteiger partial charge >= 0.3 is 0 Å². The maximum Gasteiger partial charge on any atom is 0.0762 e. The van der Waals surface area contributed by atoms with Crippen LogP contribution in [-0.4, -0.2) is 25.3 Å². The lowest BCUT2D eigenvalue weighted by Crippen LogP contribution is -2.62. The molecule has 0 aliphatic heterocycles. The molecule has 4 aliphatic carbocycles. The van der Waals surface area contributed by atoms with Crippen molar-refractivity contribution >= 4 is 0 Å². The fourth-order valence-electron chi connectivity index (χ4n) is 6.60. The molecule has 4 aliphatic rings. The van der Waals surface area contributed by atoms with Crippen LogP contribution in [0.4, 0.5) is 0 Å². The topological polar surface area (TPSA) is 21.3 Å². The highest BCUT2D eigenvalue weighted by Gasteiger charge is 2.59. The van der Waals surface area contributed by atoms with Crippen molar-refractivity contribution < 1.29 is 4.74 Å². The van der Waals surface area contributed by atoms with E-state index in [1.165, 1.54) is 49.7 Å². The van der Waals surface area contributed by atoms with Gasteiger partial charge < -0.3 is 10.1 Å². The summed E-state index contributed by atoms with van der Waals surface area (Å²) >= 11 is 0. The van der Waals surface area contributed by atoms with E-state index < -0.39 is 0 Å². The molecule has 4 saturated carbocycles. The SMILES string of the molecule is CC(C)=CCCC(C)=CCNCCOC1(C(C)C)C2CC3CC(C2)CC1C3. The Hall–Kier alpha value is -0.600. The minimum Gasteiger partial charge on any atom is -0.373 e. The van der Waals surface area contributed by atoms with Crippen LogP contribution in [0.15, 0.2) is 23.3 Å². The third-order valence-electron chi connectivity index (χ3n) is 7.63. The molecule has 0 spiro atoms. The van der Waals surface area contributed by atoms with Crippen molar-refractivity contribution in [3.63, 3.8) is 0 Å². The molecule has 0 aromatic carbocycles. The Morgan fingerprint density at radius 1 is 1.00 bits per heavy atom. The average molecular weight is 374 g/mol. The monoisotopic (exact) mass is 373 g/mol. The first-order chi connectivity index (χ1) is 12.9. The first-order valence-corrected chi connectivity index (χ1v) is 11.6. The van der Waals surface area contributed by atoms with Gasteiger partial charge in [0.1, 0.15) is 0 Å². The van der Waals surface area contributed by atoms with E-state index in [4.69, 9.17) is 4.74 Å². The summed E-state index contributed by atoms with van der Waals surface area (Å²) in [7, 11) is 0. The van der Waals surface area contributed by atoms with E-state index in [2.05, 4.69) is 52.1 Å². The van der Waals surface area contributed by atoms with Crippen LogP contribution in [0.25, 0.3) is 0 Å². The van der Waals surface area contributed by atoms with Crippen molar-refractivity contribution in [3.05, 3.63) is 23.3 Å². The lowest BCUT2D eigenvalue weighted by Gasteiger charge is -2.62. The Kier molecular flexibility index (Phi) is 7.25. The van der Waals surface area contributed by atoms with Gasteiger partial charge in [-0.25, -0.2) is 0 Å². The van der Waals surface area contributed by atoms with E-state index >= 15 is 0 Å². The first-order valence-electron chi connectivity index (χ1n) is 11.6. The molecule has 0 amide bonds. The summed E-state index contributed by atoms with van der Waals surface area (Å²) in [6.45, 7) is 14.2. The van der Waals surface area contributed by atoms with E-state index in [1.807, 2.05) is 0 Å². The van der Waals surface area contributed by atoms with Crippen molar-refractivity contribution in [2.45, 2.75) is 85.2 Å². The minimum atomic E-state index is 0.172. The number of ether oxygens (including phenoxy) is 1. The van der Waals surface area contributed by atoms with Crippen LogP contribution in [-0.2, 0) is 4.74 Å². The van der Waals surface area contributed by atoms with E-state index in [9.17, 15) is 0 Å². The van der Waals surface area contributed by atoms with Crippen molar-refractivity contribution in [3.8, 4) is 0 Å². The molecule has 0 heterocycles. The summed E-state index contributed by atoms with van der Waals surface area (Å²) in [5.74, 6) is 4.32. The number of hydrogen-bond acceptors (Lipinski definition) is 2. The van der Waals surface area contributed by atoms with Gasteiger partial charge in [0.15, 0.2) is 0 Å². The van der Waals surface area contributed by atoms with Crippen LogP contribution in [0.3, 0.4) is 0 Å². The standard InChI is InChI=1S/C25H43NO/c1-18(2)7-6-8-20(5)9-10-26-11-12-27-25(19(3)4)23-14-21-13-22(16-23)17-24(25)15-21/h7,9,19,21-24,26H,6,8,10-17H2,1-5H3. The highest BCUT2D eigenvalue weighted by atomic mass is 16.5. The van der Waals surface area contributed by atoms with Crippen LogP contribution in [0.2, 0.25) is 0 Å². The van der Waals surface area contributed by atoms with Crippen LogP contribution < -0.4 is 5.32 Å². The van der Waals surface area contributed by atoms with Crippen molar-refractivity contribution in [2.24, 2.45) is 29.6 Å². The Morgan fingerprint density at radius 3 is 2.19 bits per heavy atom. The zero-order chi connectivity index (χ0) is 19.4. The molecule has 0 radical (unpaired) electrons. The van der Waals surface area contributed by atoms with Crippen molar-refractivity contribution in [1.29, 1.82) is 0 Å². The third kappa shape index (κ3) is 4.88. The molecule has 27 heavy (non-hydrogen) atoms. The second-order valence-corrected chi connectivity index (χ2v) is 10.2. The van der Waals surface area contributed by atoms with Crippen LogP contribution in [0.1, 0.15) is 79.6 Å². The molecule has 2 nitrogen and oxygen atoms in total. The second-order valence-electron chi connectivity index (χ2n) is 10.2. The van der Waals surface area contributed by atoms with Crippen molar-refractivity contribution in [2.75, 3.05) is 19.7 Å². The summed E-state index contributed by atoms with van der Waals surface area (Å²) < 4.78 is 6.78. The summed E-state index contributed by atoms with van der Waals surface area (Å²) in [4.78, 5) is 0. The maximum atomic E-state index is 6.78. The predicted octanol–water partition coefficient (Wildman–Crippen LogP) is 6.14. The normalized spacial score (nSPS) is 35.1. The molecule has 4 bridgehead atoms. The predicted molar refractivity (Wildman–Crippen MR) is 116 cm³/mol. The largest absolute Gasteiger partial charge is 0.373 e. The molecule has 0 atom stereocenters. The van der Waals surface area contributed by atoms with E-state index in [1.54, 1.807) is 0 Å². The minimum absolute atomic E-state index is 0.172. The van der Waals surface area contributed by atoms with Crippen LogP contribution >= 0.6 is 0 Å². The highest BCUT2D eigenvalue weighted by molar-refractivity contribution is 5.09. The molecule has 1 N–H and O–H groups in total.